The highest BCUT2D eigenvalue weighted by Crippen LogP contribution is 2.24. The molecule has 0 aliphatic carbocycles. The summed E-state index contributed by atoms with van der Waals surface area (Å²) < 4.78 is 1.85. The van der Waals surface area contributed by atoms with Gasteiger partial charge >= 0.3 is 5.97 Å². The van der Waals surface area contributed by atoms with Crippen molar-refractivity contribution in [3.8, 4) is 0 Å². The Balaban J connectivity index is 1.47. The van der Waals surface area contributed by atoms with E-state index in [0.29, 0.717) is 18.1 Å². The summed E-state index contributed by atoms with van der Waals surface area (Å²) in [6.45, 7) is 2.99. The molecule has 0 bridgehead atoms. The zero-order chi connectivity index (χ0) is 23.4. The molecule has 3 N–H and O–H groups in total. The maximum atomic E-state index is 11.9. The molecule has 4 aromatic rings. The molecular formula is C27H27ClN2O3. The lowest BCUT2D eigenvalue weighted by molar-refractivity contribution is 0.0686. The smallest absolute Gasteiger partial charge is 0.352 e. The molecule has 2 atom stereocenters. The fourth-order valence-corrected chi connectivity index (χ4v) is 4.33. The number of aromatic carboxylic acids is 1. The van der Waals surface area contributed by atoms with Crippen molar-refractivity contribution in [1.29, 1.82) is 0 Å². The van der Waals surface area contributed by atoms with Gasteiger partial charge in [0.2, 0.25) is 0 Å². The quantitative estimate of drug-likeness (QED) is 0.315. The minimum Gasteiger partial charge on any atom is -0.477 e. The van der Waals surface area contributed by atoms with Crippen molar-refractivity contribution in [3.63, 3.8) is 0 Å². The van der Waals surface area contributed by atoms with Gasteiger partial charge in [-0.15, -0.1) is 0 Å². The van der Waals surface area contributed by atoms with E-state index in [1.807, 2.05) is 59.2 Å². The second-order valence-corrected chi connectivity index (χ2v) is 8.82. The first kappa shape index (κ1) is 23.1. The van der Waals surface area contributed by atoms with Gasteiger partial charge in [-0.3, -0.25) is 0 Å². The molecule has 0 fully saturated rings. The number of hydrogen-bond acceptors (Lipinski definition) is 3. The van der Waals surface area contributed by atoms with Crippen LogP contribution in [-0.4, -0.2) is 33.3 Å². The van der Waals surface area contributed by atoms with Crippen molar-refractivity contribution in [1.82, 2.24) is 9.88 Å². The maximum Gasteiger partial charge on any atom is 0.352 e. The molecule has 0 saturated carbocycles. The highest BCUT2D eigenvalue weighted by atomic mass is 35.5. The fourth-order valence-electron chi connectivity index (χ4n) is 4.13. The summed E-state index contributed by atoms with van der Waals surface area (Å²) in [4.78, 5) is 11.9. The molecule has 0 saturated heterocycles. The number of carbonyl (C=O) groups is 1. The molecule has 33 heavy (non-hydrogen) atoms. The molecular weight excluding hydrogens is 436 g/mol. The first-order valence-electron chi connectivity index (χ1n) is 11.0. The van der Waals surface area contributed by atoms with Crippen LogP contribution < -0.4 is 5.32 Å². The van der Waals surface area contributed by atoms with E-state index in [-0.39, 0.29) is 11.7 Å². The van der Waals surface area contributed by atoms with Crippen LogP contribution in [-0.2, 0) is 13.0 Å². The van der Waals surface area contributed by atoms with E-state index < -0.39 is 12.1 Å². The van der Waals surface area contributed by atoms with Crippen LogP contribution in [0.4, 0.5) is 0 Å². The molecule has 0 aliphatic rings. The Morgan fingerprint density at radius 2 is 1.79 bits per heavy atom. The molecule has 4 rings (SSSR count). The Bertz CT molecular complexity index is 1250. The number of carboxylic acid groups (broad SMARTS) is 1. The van der Waals surface area contributed by atoms with E-state index in [1.54, 1.807) is 18.2 Å². The molecule has 0 aliphatic heterocycles. The van der Waals surface area contributed by atoms with Crippen molar-refractivity contribution >= 4 is 28.5 Å². The molecule has 170 valence electrons. The Kier molecular flexibility index (Phi) is 7.14. The lowest BCUT2D eigenvalue weighted by Crippen LogP contribution is -2.32. The summed E-state index contributed by atoms with van der Waals surface area (Å²) >= 11 is 6.01. The van der Waals surface area contributed by atoms with Gasteiger partial charge in [0, 0.05) is 35.1 Å². The number of aromatic nitrogens is 1. The number of halogens is 1. The largest absolute Gasteiger partial charge is 0.477 e. The van der Waals surface area contributed by atoms with Crippen molar-refractivity contribution in [2.75, 3.05) is 6.54 Å². The molecule has 0 amide bonds. The van der Waals surface area contributed by atoms with Gasteiger partial charge in [0.15, 0.2) is 0 Å². The summed E-state index contributed by atoms with van der Waals surface area (Å²) in [5, 5.41) is 25.0. The lowest BCUT2D eigenvalue weighted by atomic mass is 10.0. The van der Waals surface area contributed by atoms with Crippen LogP contribution in [0.15, 0.2) is 78.9 Å². The second kappa shape index (κ2) is 10.2. The van der Waals surface area contributed by atoms with Crippen molar-refractivity contribution in [2.45, 2.75) is 32.0 Å². The molecule has 1 heterocycles. The van der Waals surface area contributed by atoms with Gasteiger partial charge in [-0.05, 0) is 60.4 Å². The average molecular weight is 463 g/mol. The third-order valence-electron chi connectivity index (χ3n) is 5.80. The van der Waals surface area contributed by atoms with Gasteiger partial charge in [-0.1, -0.05) is 60.1 Å². The SMILES string of the molecule is C[C@H](Cc1ccc2c(c1)cc(C(=O)O)n2Cc1ccccc1)NC[C@H](O)c1cccc(Cl)c1. The van der Waals surface area contributed by atoms with Crippen molar-refractivity contribution in [3.05, 3.63) is 106 Å². The van der Waals surface area contributed by atoms with Gasteiger partial charge in [0.05, 0.1) is 6.10 Å². The van der Waals surface area contributed by atoms with E-state index in [2.05, 4.69) is 18.3 Å². The number of aliphatic hydroxyl groups is 1. The van der Waals surface area contributed by atoms with E-state index >= 15 is 0 Å². The van der Waals surface area contributed by atoms with Crippen molar-refractivity contribution in [2.24, 2.45) is 0 Å². The summed E-state index contributed by atoms with van der Waals surface area (Å²) in [5.41, 5.74) is 4.12. The first-order chi connectivity index (χ1) is 15.9. The summed E-state index contributed by atoms with van der Waals surface area (Å²) in [7, 11) is 0. The molecule has 1 aromatic heterocycles. The van der Waals surface area contributed by atoms with Gasteiger partial charge in [-0.25, -0.2) is 4.79 Å². The molecule has 6 heteroatoms. The lowest BCUT2D eigenvalue weighted by Gasteiger charge is -2.18. The number of nitrogens with zero attached hydrogens (tertiary/aromatic N) is 1. The zero-order valence-corrected chi connectivity index (χ0v) is 19.2. The van der Waals surface area contributed by atoms with Gasteiger partial charge in [-0.2, -0.15) is 0 Å². The number of nitrogens with one attached hydrogen (secondary N) is 1. The standard InChI is InChI=1S/C27H27ClN2O3/c1-18(29-16-26(31)21-8-5-9-23(28)14-21)12-20-10-11-24-22(13-20)15-25(27(32)33)30(24)17-19-6-3-2-4-7-19/h2-11,13-15,18,26,29,31H,12,16-17H2,1H3,(H,32,33)/t18-,26+/m1/s1. The normalized spacial score (nSPS) is 13.2. The Morgan fingerprint density at radius 1 is 1.00 bits per heavy atom. The van der Waals surface area contributed by atoms with Crippen LogP contribution in [0, 0.1) is 0 Å². The Hall–Kier alpha value is -3.12. The van der Waals surface area contributed by atoms with Crippen LogP contribution >= 0.6 is 11.6 Å². The summed E-state index contributed by atoms with van der Waals surface area (Å²) in [5.74, 6) is -0.936. The van der Waals surface area contributed by atoms with Gasteiger partial charge in [0.1, 0.15) is 5.69 Å². The number of benzene rings is 3. The van der Waals surface area contributed by atoms with E-state index in [4.69, 9.17) is 11.6 Å². The van der Waals surface area contributed by atoms with E-state index in [1.165, 1.54) is 0 Å². The molecule has 5 nitrogen and oxygen atoms in total. The van der Waals surface area contributed by atoms with Crippen molar-refractivity contribution < 1.29 is 15.0 Å². The Labute approximate surface area is 198 Å². The minimum atomic E-state index is -0.936. The van der Waals surface area contributed by atoms with Crippen LogP contribution in [0.5, 0.6) is 0 Å². The maximum absolute atomic E-state index is 11.9. The van der Waals surface area contributed by atoms with Crippen LogP contribution in [0.25, 0.3) is 10.9 Å². The number of fused-ring (bicyclic) bond motifs is 1. The summed E-state index contributed by atoms with van der Waals surface area (Å²) in [6, 6.07) is 25.1. The number of hydrogen-bond donors (Lipinski definition) is 3. The van der Waals surface area contributed by atoms with Crippen LogP contribution in [0.2, 0.25) is 5.02 Å². The molecule has 0 unspecified atom stereocenters. The van der Waals surface area contributed by atoms with Gasteiger partial charge < -0.3 is 20.1 Å². The number of rotatable bonds is 9. The first-order valence-corrected chi connectivity index (χ1v) is 11.3. The highest BCUT2D eigenvalue weighted by molar-refractivity contribution is 6.30. The van der Waals surface area contributed by atoms with E-state index in [9.17, 15) is 15.0 Å². The zero-order valence-electron chi connectivity index (χ0n) is 18.4. The fraction of sp³-hybridized carbons (Fsp3) is 0.222. The highest BCUT2D eigenvalue weighted by Gasteiger charge is 2.16. The Morgan fingerprint density at radius 3 is 2.52 bits per heavy atom. The predicted molar refractivity (Wildman–Crippen MR) is 132 cm³/mol. The average Bonchev–Trinajstić information content (AvgIpc) is 3.16. The molecule has 0 spiro atoms. The topological polar surface area (TPSA) is 74.5 Å². The second-order valence-electron chi connectivity index (χ2n) is 8.38. The van der Waals surface area contributed by atoms with Crippen LogP contribution in [0.1, 0.15) is 40.2 Å². The third-order valence-corrected chi connectivity index (χ3v) is 6.04. The predicted octanol–water partition coefficient (Wildman–Crippen LogP) is 5.30. The number of carboxylic acids is 1. The van der Waals surface area contributed by atoms with Gasteiger partial charge in [0.25, 0.3) is 0 Å². The molecule has 0 radical (unpaired) electrons. The molecule has 3 aromatic carbocycles. The third kappa shape index (κ3) is 5.63. The minimum absolute atomic E-state index is 0.127. The number of aliphatic hydroxyl groups excluding tert-OH is 1. The monoisotopic (exact) mass is 462 g/mol. The van der Waals surface area contributed by atoms with E-state index in [0.717, 1.165) is 34.0 Å². The van der Waals surface area contributed by atoms with Crippen LogP contribution in [0.3, 0.4) is 0 Å². The summed E-state index contributed by atoms with van der Waals surface area (Å²) in [6.07, 6.45) is 0.114.